The Bertz CT molecular complexity index is 229. The number of hydrogen-bond acceptors (Lipinski definition) is 3. The normalized spacial score (nSPS) is 17.0. The summed E-state index contributed by atoms with van der Waals surface area (Å²) < 4.78 is 0. The molecule has 0 aliphatic heterocycles. The Labute approximate surface area is 106 Å². The van der Waals surface area contributed by atoms with E-state index < -0.39 is 6.04 Å². The fourth-order valence-electron chi connectivity index (χ4n) is 1.61. The molecule has 0 aromatic heterocycles. The summed E-state index contributed by atoms with van der Waals surface area (Å²) in [6, 6.07) is -0.240. The number of nitrogens with zero attached hydrogens (tertiary/aromatic N) is 1. The second-order valence-corrected chi connectivity index (χ2v) is 5.53. The topological polar surface area (TPSA) is 58.4 Å². The van der Waals surface area contributed by atoms with Crippen molar-refractivity contribution in [3.8, 4) is 0 Å². The van der Waals surface area contributed by atoms with E-state index in [9.17, 15) is 4.79 Å². The van der Waals surface area contributed by atoms with Crippen LogP contribution in [-0.4, -0.2) is 43.5 Å². The number of rotatable bonds is 7. The molecule has 3 atom stereocenters. The van der Waals surface area contributed by atoms with Crippen molar-refractivity contribution in [2.24, 2.45) is 17.6 Å². The van der Waals surface area contributed by atoms with Gasteiger partial charge < -0.3 is 16.0 Å². The minimum atomic E-state index is -0.400. The fourth-order valence-corrected chi connectivity index (χ4v) is 1.61. The minimum absolute atomic E-state index is 0.0279. The molecule has 0 heterocycles. The molecule has 0 saturated heterocycles. The first-order chi connectivity index (χ1) is 7.79. The molecule has 0 bridgehead atoms. The van der Waals surface area contributed by atoms with Crippen molar-refractivity contribution in [2.45, 2.75) is 46.2 Å². The Morgan fingerprint density at radius 3 is 2.18 bits per heavy atom. The van der Waals surface area contributed by atoms with Gasteiger partial charge in [-0.05, 0) is 25.9 Å². The molecule has 102 valence electrons. The lowest BCUT2D eigenvalue weighted by atomic mass is 9.97. The molecule has 4 nitrogen and oxygen atoms in total. The van der Waals surface area contributed by atoms with Crippen LogP contribution in [0.4, 0.5) is 0 Å². The predicted molar refractivity (Wildman–Crippen MR) is 72.8 cm³/mol. The van der Waals surface area contributed by atoms with E-state index in [4.69, 9.17) is 5.73 Å². The van der Waals surface area contributed by atoms with Crippen LogP contribution in [0.2, 0.25) is 0 Å². The maximum absolute atomic E-state index is 12.0. The first kappa shape index (κ1) is 16.4. The van der Waals surface area contributed by atoms with Crippen LogP contribution in [0.15, 0.2) is 0 Å². The van der Waals surface area contributed by atoms with Crippen molar-refractivity contribution >= 4 is 5.91 Å². The molecule has 2 unspecified atom stereocenters. The maximum atomic E-state index is 12.0. The average molecular weight is 243 g/mol. The molecule has 0 rings (SSSR count). The molecular formula is C13H29N3O. The number of likely N-dealkylation sites (N-methyl/N-ethyl adjacent to an activating group) is 1. The molecular weight excluding hydrogens is 214 g/mol. The summed E-state index contributed by atoms with van der Waals surface area (Å²) in [5, 5.41) is 3.06. The number of amides is 1. The lowest BCUT2D eigenvalue weighted by Crippen LogP contribution is -2.52. The predicted octanol–water partition coefficient (Wildman–Crippen LogP) is 1.06. The molecule has 0 aliphatic carbocycles. The largest absolute Gasteiger partial charge is 0.350 e. The van der Waals surface area contributed by atoms with Gasteiger partial charge in [-0.25, -0.2) is 0 Å². The summed E-state index contributed by atoms with van der Waals surface area (Å²) >= 11 is 0. The molecule has 4 heteroatoms. The van der Waals surface area contributed by atoms with Gasteiger partial charge in [0.05, 0.1) is 6.04 Å². The lowest BCUT2D eigenvalue weighted by Gasteiger charge is -2.28. The Morgan fingerprint density at radius 2 is 1.82 bits per heavy atom. The van der Waals surface area contributed by atoms with Crippen LogP contribution in [0.5, 0.6) is 0 Å². The molecule has 0 saturated carbocycles. The average Bonchev–Trinajstić information content (AvgIpc) is 2.25. The van der Waals surface area contributed by atoms with Crippen LogP contribution >= 0.6 is 0 Å². The smallest absolute Gasteiger partial charge is 0.237 e. The molecule has 0 fully saturated rings. The highest BCUT2D eigenvalue weighted by molar-refractivity contribution is 5.82. The fraction of sp³-hybridized carbons (Fsp3) is 0.923. The molecule has 0 radical (unpaired) electrons. The van der Waals surface area contributed by atoms with Gasteiger partial charge >= 0.3 is 0 Å². The molecule has 0 aromatic carbocycles. The van der Waals surface area contributed by atoms with Gasteiger partial charge in [0.2, 0.25) is 5.91 Å². The van der Waals surface area contributed by atoms with Gasteiger partial charge in [-0.3, -0.25) is 4.79 Å². The van der Waals surface area contributed by atoms with E-state index in [0.717, 1.165) is 13.0 Å². The van der Waals surface area contributed by atoms with Gasteiger partial charge in [-0.2, -0.15) is 0 Å². The van der Waals surface area contributed by atoms with E-state index >= 15 is 0 Å². The summed E-state index contributed by atoms with van der Waals surface area (Å²) in [4.78, 5) is 14.1. The van der Waals surface area contributed by atoms with Gasteiger partial charge in [0.25, 0.3) is 0 Å². The number of carbonyl (C=O) groups is 1. The van der Waals surface area contributed by atoms with E-state index in [1.165, 1.54) is 0 Å². The van der Waals surface area contributed by atoms with Crippen molar-refractivity contribution in [1.29, 1.82) is 0 Å². The summed E-state index contributed by atoms with van der Waals surface area (Å²) in [5.41, 5.74) is 5.92. The molecule has 3 N–H and O–H groups in total. The van der Waals surface area contributed by atoms with Gasteiger partial charge in [-0.1, -0.05) is 34.1 Å². The Morgan fingerprint density at radius 1 is 1.29 bits per heavy atom. The van der Waals surface area contributed by atoms with Crippen molar-refractivity contribution in [2.75, 3.05) is 20.6 Å². The summed E-state index contributed by atoms with van der Waals surface area (Å²) in [6.07, 6.45) is 0.925. The standard InChI is InChI=1S/C13H29N3O/c1-7-10(4)12(14)13(17)15-11(9(2)3)8-16(5)6/h9-12H,7-8,14H2,1-6H3,(H,15,17)/t10?,11?,12-/m0/s1. The van der Waals surface area contributed by atoms with Crippen LogP contribution in [0.25, 0.3) is 0 Å². The number of nitrogens with one attached hydrogen (secondary N) is 1. The van der Waals surface area contributed by atoms with Gasteiger partial charge in [0.15, 0.2) is 0 Å². The molecule has 17 heavy (non-hydrogen) atoms. The van der Waals surface area contributed by atoms with E-state index in [0.29, 0.717) is 5.92 Å². The molecule has 0 aromatic rings. The summed E-state index contributed by atoms with van der Waals surface area (Å²) in [7, 11) is 4.02. The second-order valence-electron chi connectivity index (χ2n) is 5.53. The third-order valence-corrected chi connectivity index (χ3v) is 3.25. The van der Waals surface area contributed by atoms with Crippen molar-refractivity contribution in [1.82, 2.24) is 10.2 Å². The van der Waals surface area contributed by atoms with Crippen LogP contribution in [0, 0.1) is 11.8 Å². The van der Waals surface area contributed by atoms with Gasteiger partial charge in [0.1, 0.15) is 0 Å². The number of nitrogens with two attached hydrogens (primary N) is 1. The Hall–Kier alpha value is -0.610. The summed E-state index contributed by atoms with van der Waals surface area (Å²) in [6.45, 7) is 9.14. The first-order valence-electron chi connectivity index (χ1n) is 6.50. The van der Waals surface area contributed by atoms with Crippen LogP contribution < -0.4 is 11.1 Å². The second kappa shape index (κ2) is 7.67. The zero-order chi connectivity index (χ0) is 13.6. The monoisotopic (exact) mass is 243 g/mol. The number of hydrogen-bond donors (Lipinski definition) is 2. The van der Waals surface area contributed by atoms with Crippen molar-refractivity contribution < 1.29 is 4.79 Å². The third-order valence-electron chi connectivity index (χ3n) is 3.25. The zero-order valence-corrected chi connectivity index (χ0v) is 12.2. The highest BCUT2D eigenvalue weighted by atomic mass is 16.2. The van der Waals surface area contributed by atoms with E-state index in [2.05, 4.69) is 31.0 Å². The van der Waals surface area contributed by atoms with Gasteiger partial charge in [0, 0.05) is 12.6 Å². The quantitative estimate of drug-likeness (QED) is 0.703. The number of carbonyl (C=O) groups excluding carboxylic acids is 1. The van der Waals surface area contributed by atoms with Crippen LogP contribution in [0.3, 0.4) is 0 Å². The highest BCUT2D eigenvalue weighted by Crippen LogP contribution is 2.08. The van der Waals surface area contributed by atoms with E-state index in [1.54, 1.807) is 0 Å². The third kappa shape index (κ3) is 6.03. The van der Waals surface area contributed by atoms with E-state index in [-0.39, 0.29) is 17.9 Å². The van der Waals surface area contributed by atoms with E-state index in [1.807, 2.05) is 21.0 Å². The first-order valence-corrected chi connectivity index (χ1v) is 6.50. The Balaban J connectivity index is 4.40. The molecule has 1 amide bonds. The maximum Gasteiger partial charge on any atom is 0.237 e. The van der Waals surface area contributed by atoms with Crippen molar-refractivity contribution in [3.63, 3.8) is 0 Å². The van der Waals surface area contributed by atoms with Crippen LogP contribution in [0.1, 0.15) is 34.1 Å². The van der Waals surface area contributed by atoms with Crippen LogP contribution in [-0.2, 0) is 4.79 Å². The minimum Gasteiger partial charge on any atom is -0.350 e. The molecule has 0 aliphatic rings. The zero-order valence-electron chi connectivity index (χ0n) is 12.2. The molecule has 0 spiro atoms. The summed E-state index contributed by atoms with van der Waals surface area (Å²) in [5.74, 6) is 0.604. The van der Waals surface area contributed by atoms with Gasteiger partial charge in [-0.15, -0.1) is 0 Å². The SMILES string of the molecule is CCC(C)[C@H](N)C(=O)NC(CN(C)C)C(C)C. The Kier molecular flexibility index (Phi) is 7.39. The highest BCUT2D eigenvalue weighted by Gasteiger charge is 2.23. The van der Waals surface area contributed by atoms with Crippen molar-refractivity contribution in [3.05, 3.63) is 0 Å². The lowest BCUT2D eigenvalue weighted by molar-refractivity contribution is -0.124.